The van der Waals surface area contributed by atoms with Crippen molar-refractivity contribution in [3.8, 4) is 5.75 Å². The Bertz CT molecular complexity index is 717. The van der Waals surface area contributed by atoms with E-state index in [4.69, 9.17) is 16.3 Å². The van der Waals surface area contributed by atoms with Crippen LogP contribution in [0.4, 0.5) is 0 Å². The van der Waals surface area contributed by atoms with Gasteiger partial charge in [0.05, 0.1) is 6.21 Å². The molecule has 0 saturated heterocycles. The number of nitrogens with one attached hydrogen (secondary N) is 1. The molecule has 23 heavy (non-hydrogen) atoms. The smallest absolute Gasteiger partial charge is 0.280 e. The van der Waals surface area contributed by atoms with Crippen molar-refractivity contribution in [2.24, 2.45) is 5.10 Å². The van der Waals surface area contributed by atoms with E-state index in [1.54, 1.807) is 31.3 Å². The van der Waals surface area contributed by atoms with Crippen LogP contribution in [0, 0.1) is 6.92 Å². The van der Waals surface area contributed by atoms with Gasteiger partial charge in [-0.15, -0.1) is 0 Å². The van der Waals surface area contributed by atoms with Crippen molar-refractivity contribution in [1.29, 1.82) is 0 Å². The van der Waals surface area contributed by atoms with Gasteiger partial charge in [-0.2, -0.15) is 5.10 Å². The van der Waals surface area contributed by atoms with E-state index in [9.17, 15) is 4.79 Å². The average Bonchev–Trinajstić information content (AvgIpc) is 2.52. The van der Waals surface area contributed by atoms with E-state index in [1.165, 1.54) is 0 Å². The molecule has 0 fully saturated rings. The van der Waals surface area contributed by atoms with Gasteiger partial charge in [0.1, 0.15) is 5.75 Å². The molecule has 0 bridgehead atoms. The first kappa shape index (κ1) is 17.5. The van der Waals surface area contributed by atoms with Gasteiger partial charge < -0.3 is 4.74 Å². The summed E-state index contributed by atoms with van der Waals surface area (Å²) in [7, 11) is 0. The van der Waals surface area contributed by atoms with Crippen LogP contribution in [-0.2, 0) is 4.79 Å². The number of benzene rings is 2. The normalized spacial score (nSPS) is 12.2. The highest BCUT2D eigenvalue weighted by Crippen LogP contribution is 2.21. The lowest BCUT2D eigenvalue weighted by Crippen LogP contribution is -2.33. The molecule has 0 aliphatic carbocycles. The zero-order chi connectivity index (χ0) is 16.8. The van der Waals surface area contributed by atoms with E-state index in [-0.39, 0.29) is 5.91 Å². The molecule has 2 aromatic carbocycles. The van der Waals surface area contributed by atoms with Gasteiger partial charge in [0.25, 0.3) is 5.91 Å². The lowest BCUT2D eigenvalue weighted by Gasteiger charge is -2.13. The van der Waals surface area contributed by atoms with E-state index < -0.39 is 6.10 Å². The van der Waals surface area contributed by atoms with Gasteiger partial charge in [-0.25, -0.2) is 5.43 Å². The molecule has 1 amide bonds. The molecule has 1 atom stereocenters. The minimum absolute atomic E-state index is 0.328. The highest BCUT2D eigenvalue weighted by molar-refractivity contribution is 9.10. The molecule has 0 unspecified atom stereocenters. The Hall–Kier alpha value is -1.85. The van der Waals surface area contributed by atoms with Gasteiger partial charge in [0.2, 0.25) is 0 Å². The summed E-state index contributed by atoms with van der Waals surface area (Å²) in [6.45, 7) is 3.54. The van der Waals surface area contributed by atoms with E-state index >= 15 is 0 Å². The van der Waals surface area contributed by atoms with Crippen molar-refractivity contribution in [2.75, 3.05) is 0 Å². The number of ether oxygens (including phenoxy) is 1. The number of carbonyl (C=O) groups is 1. The largest absolute Gasteiger partial charge is 0.481 e. The van der Waals surface area contributed by atoms with Crippen molar-refractivity contribution in [1.82, 2.24) is 5.43 Å². The standard InChI is InChI=1S/C17H16BrClN2O2/c1-11-9-15(7-8-16(11)19)23-12(2)17(22)21-20-10-13-3-5-14(18)6-4-13/h3-10,12H,1-2H3,(H,21,22)/b20-10-/t12-/m0/s1. The van der Waals surface area contributed by atoms with Crippen LogP contribution >= 0.6 is 27.5 Å². The molecule has 0 aliphatic rings. The second-order valence-corrected chi connectivity index (χ2v) is 6.28. The predicted molar refractivity (Wildman–Crippen MR) is 96.2 cm³/mol. The number of nitrogens with zero attached hydrogens (tertiary/aromatic N) is 1. The first-order chi connectivity index (χ1) is 11.0. The third-order valence-electron chi connectivity index (χ3n) is 3.07. The Kier molecular flexibility index (Phi) is 6.19. The Balaban J connectivity index is 1.89. The number of hydrazone groups is 1. The number of carbonyl (C=O) groups excluding carboxylic acids is 1. The van der Waals surface area contributed by atoms with E-state index in [0.29, 0.717) is 10.8 Å². The number of rotatable bonds is 5. The number of halogens is 2. The zero-order valence-electron chi connectivity index (χ0n) is 12.7. The number of hydrogen-bond acceptors (Lipinski definition) is 3. The van der Waals surface area contributed by atoms with Gasteiger partial charge in [0, 0.05) is 9.50 Å². The second kappa shape index (κ2) is 8.13. The molecule has 0 aromatic heterocycles. The average molecular weight is 396 g/mol. The van der Waals surface area contributed by atoms with Gasteiger partial charge >= 0.3 is 0 Å². The van der Waals surface area contributed by atoms with Crippen LogP contribution in [0.2, 0.25) is 5.02 Å². The van der Waals surface area contributed by atoms with E-state index in [1.807, 2.05) is 31.2 Å². The Morgan fingerprint density at radius 1 is 1.30 bits per heavy atom. The summed E-state index contributed by atoms with van der Waals surface area (Å²) in [4.78, 5) is 12.0. The minimum atomic E-state index is -0.669. The summed E-state index contributed by atoms with van der Waals surface area (Å²) in [6.07, 6.45) is 0.904. The maximum Gasteiger partial charge on any atom is 0.280 e. The summed E-state index contributed by atoms with van der Waals surface area (Å²) in [5.74, 6) is 0.261. The van der Waals surface area contributed by atoms with Crippen molar-refractivity contribution in [3.05, 3.63) is 63.1 Å². The van der Waals surface area contributed by atoms with Crippen LogP contribution in [0.15, 0.2) is 52.0 Å². The van der Waals surface area contributed by atoms with Crippen molar-refractivity contribution < 1.29 is 9.53 Å². The SMILES string of the molecule is Cc1cc(O[C@@H](C)C(=O)N/N=C\c2ccc(Br)cc2)ccc1Cl. The molecule has 4 nitrogen and oxygen atoms in total. The fourth-order valence-electron chi connectivity index (χ4n) is 1.76. The van der Waals surface area contributed by atoms with Crippen molar-refractivity contribution >= 4 is 39.7 Å². The summed E-state index contributed by atoms with van der Waals surface area (Å²) >= 11 is 9.32. The maximum atomic E-state index is 12.0. The highest BCUT2D eigenvalue weighted by atomic mass is 79.9. The van der Waals surface area contributed by atoms with Gasteiger partial charge in [0.15, 0.2) is 6.10 Å². The van der Waals surface area contributed by atoms with Crippen LogP contribution in [0.1, 0.15) is 18.1 Å². The zero-order valence-corrected chi connectivity index (χ0v) is 15.1. The Labute approximate surface area is 148 Å². The molecule has 6 heteroatoms. The van der Waals surface area contributed by atoms with E-state index in [2.05, 4.69) is 26.5 Å². The van der Waals surface area contributed by atoms with Crippen LogP contribution in [0.25, 0.3) is 0 Å². The Morgan fingerprint density at radius 2 is 2.00 bits per heavy atom. The second-order valence-electron chi connectivity index (χ2n) is 4.96. The summed E-state index contributed by atoms with van der Waals surface area (Å²) < 4.78 is 6.56. The monoisotopic (exact) mass is 394 g/mol. The maximum absolute atomic E-state index is 12.0. The molecular formula is C17H16BrClN2O2. The molecule has 0 heterocycles. The summed E-state index contributed by atoms with van der Waals surface area (Å²) in [6, 6.07) is 12.8. The molecule has 0 radical (unpaired) electrons. The molecule has 1 N–H and O–H groups in total. The van der Waals surface area contributed by atoms with Gasteiger partial charge in [-0.3, -0.25) is 4.79 Å². The quantitative estimate of drug-likeness (QED) is 0.605. The fraction of sp³-hybridized carbons (Fsp3) is 0.176. The molecule has 2 aromatic rings. The number of aryl methyl sites for hydroxylation is 1. The Morgan fingerprint density at radius 3 is 2.65 bits per heavy atom. The van der Waals surface area contributed by atoms with Crippen LogP contribution in [-0.4, -0.2) is 18.2 Å². The lowest BCUT2D eigenvalue weighted by molar-refractivity contribution is -0.127. The highest BCUT2D eigenvalue weighted by Gasteiger charge is 2.14. The molecule has 0 saturated carbocycles. The topological polar surface area (TPSA) is 50.7 Å². The van der Waals surface area contributed by atoms with Gasteiger partial charge in [-0.1, -0.05) is 39.7 Å². The lowest BCUT2D eigenvalue weighted by atomic mass is 10.2. The molecule has 0 spiro atoms. The van der Waals surface area contributed by atoms with Crippen molar-refractivity contribution in [3.63, 3.8) is 0 Å². The third-order valence-corrected chi connectivity index (χ3v) is 4.02. The van der Waals surface area contributed by atoms with Crippen molar-refractivity contribution in [2.45, 2.75) is 20.0 Å². The molecular weight excluding hydrogens is 380 g/mol. The minimum Gasteiger partial charge on any atom is -0.481 e. The fourth-order valence-corrected chi connectivity index (χ4v) is 2.14. The first-order valence-electron chi connectivity index (χ1n) is 6.97. The third kappa shape index (κ3) is 5.37. The van der Waals surface area contributed by atoms with E-state index in [0.717, 1.165) is 15.6 Å². The number of hydrogen-bond donors (Lipinski definition) is 1. The molecule has 2 rings (SSSR count). The molecule has 120 valence electrons. The van der Waals surface area contributed by atoms with Crippen LogP contribution in [0.3, 0.4) is 0 Å². The van der Waals surface area contributed by atoms with Crippen LogP contribution in [0.5, 0.6) is 5.75 Å². The summed E-state index contributed by atoms with van der Waals surface area (Å²) in [5, 5.41) is 4.59. The predicted octanol–water partition coefficient (Wildman–Crippen LogP) is 4.33. The summed E-state index contributed by atoms with van der Waals surface area (Å²) in [5.41, 5.74) is 4.24. The number of amides is 1. The van der Waals surface area contributed by atoms with Gasteiger partial charge in [-0.05, 0) is 55.3 Å². The van der Waals surface area contributed by atoms with Crippen LogP contribution < -0.4 is 10.2 Å². The molecule has 0 aliphatic heterocycles. The first-order valence-corrected chi connectivity index (χ1v) is 8.14.